The summed E-state index contributed by atoms with van der Waals surface area (Å²) in [7, 11) is 1.59. The summed E-state index contributed by atoms with van der Waals surface area (Å²) < 4.78 is 18.3. The second kappa shape index (κ2) is 8.62. The zero-order valence-corrected chi connectivity index (χ0v) is 15.2. The number of likely N-dealkylation sites (tertiary alicyclic amines) is 1. The molecule has 0 saturated carbocycles. The minimum absolute atomic E-state index is 0.0744. The number of ketones is 1. The standard InChI is InChI=1S/C22H22FNO3/c1-27-20-8-6-17(7-9-20)22(26)18-11-13-24(14-12-18)21(25)10-5-16-3-2-4-19(23)15-16/h2-10,15,18H,11-14H2,1H3. The molecule has 2 aromatic rings. The minimum atomic E-state index is -0.331. The fraction of sp³-hybridized carbons (Fsp3) is 0.273. The number of methoxy groups -OCH3 is 1. The Morgan fingerprint density at radius 2 is 1.81 bits per heavy atom. The highest BCUT2D eigenvalue weighted by molar-refractivity contribution is 5.98. The molecule has 1 aliphatic rings. The van der Waals surface area contributed by atoms with Gasteiger partial charge in [-0.05, 0) is 60.9 Å². The number of halogens is 1. The average molecular weight is 367 g/mol. The summed E-state index contributed by atoms with van der Waals surface area (Å²) in [6.45, 7) is 1.08. The number of carbonyl (C=O) groups is 2. The van der Waals surface area contributed by atoms with Crippen molar-refractivity contribution in [3.05, 3.63) is 71.6 Å². The fourth-order valence-corrected chi connectivity index (χ4v) is 3.24. The first-order valence-electron chi connectivity index (χ1n) is 8.97. The van der Waals surface area contributed by atoms with Gasteiger partial charge in [-0.2, -0.15) is 0 Å². The lowest BCUT2D eigenvalue weighted by Gasteiger charge is -2.30. The van der Waals surface area contributed by atoms with Gasteiger partial charge in [-0.3, -0.25) is 9.59 Å². The van der Waals surface area contributed by atoms with Crippen LogP contribution >= 0.6 is 0 Å². The Balaban J connectivity index is 1.54. The van der Waals surface area contributed by atoms with Crippen molar-refractivity contribution in [2.24, 2.45) is 5.92 Å². The monoisotopic (exact) mass is 367 g/mol. The number of ether oxygens (including phenoxy) is 1. The van der Waals surface area contributed by atoms with E-state index >= 15 is 0 Å². The van der Waals surface area contributed by atoms with Gasteiger partial charge in [0.2, 0.25) is 5.91 Å². The van der Waals surface area contributed by atoms with Crippen LogP contribution in [0.3, 0.4) is 0 Å². The Bertz CT molecular complexity index is 837. The van der Waals surface area contributed by atoms with Gasteiger partial charge in [0.1, 0.15) is 11.6 Å². The molecule has 0 N–H and O–H groups in total. The Labute approximate surface area is 158 Å². The molecule has 27 heavy (non-hydrogen) atoms. The maximum absolute atomic E-state index is 13.2. The van der Waals surface area contributed by atoms with Gasteiger partial charge >= 0.3 is 0 Å². The van der Waals surface area contributed by atoms with Gasteiger partial charge in [0.05, 0.1) is 7.11 Å². The van der Waals surface area contributed by atoms with Crippen molar-refractivity contribution in [1.29, 1.82) is 0 Å². The summed E-state index contributed by atoms with van der Waals surface area (Å²) in [6.07, 6.45) is 4.36. The third-order valence-electron chi connectivity index (χ3n) is 4.82. The summed E-state index contributed by atoms with van der Waals surface area (Å²) in [5.74, 6) is 0.309. The maximum atomic E-state index is 13.2. The van der Waals surface area contributed by atoms with Crippen LogP contribution in [0.25, 0.3) is 6.08 Å². The van der Waals surface area contributed by atoms with E-state index in [9.17, 15) is 14.0 Å². The predicted octanol–water partition coefficient (Wildman–Crippen LogP) is 3.97. The second-order valence-corrected chi connectivity index (χ2v) is 6.58. The van der Waals surface area contributed by atoms with Crippen molar-refractivity contribution in [1.82, 2.24) is 4.90 Å². The predicted molar refractivity (Wildman–Crippen MR) is 102 cm³/mol. The highest BCUT2D eigenvalue weighted by atomic mass is 19.1. The van der Waals surface area contributed by atoms with E-state index in [1.54, 1.807) is 54.5 Å². The molecule has 0 aliphatic carbocycles. The van der Waals surface area contributed by atoms with Crippen molar-refractivity contribution in [2.75, 3.05) is 20.2 Å². The largest absolute Gasteiger partial charge is 0.497 e. The molecule has 1 saturated heterocycles. The van der Waals surface area contributed by atoms with E-state index in [0.29, 0.717) is 37.1 Å². The van der Waals surface area contributed by atoms with Crippen LogP contribution in [-0.2, 0) is 4.79 Å². The van der Waals surface area contributed by atoms with E-state index in [4.69, 9.17) is 4.74 Å². The lowest BCUT2D eigenvalue weighted by Crippen LogP contribution is -2.39. The van der Waals surface area contributed by atoms with E-state index in [0.717, 1.165) is 5.75 Å². The van der Waals surface area contributed by atoms with Crippen LogP contribution in [0.1, 0.15) is 28.8 Å². The summed E-state index contributed by atoms with van der Waals surface area (Å²) in [5.41, 5.74) is 1.32. The molecule has 2 aromatic carbocycles. The van der Waals surface area contributed by atoms with Gasteiger partial charge in [0.25, 0.3) is 0 Å². The first kappa shape index (κ1) is 18.8. The lowest BCUT2D eigenvalue weighted by molar-refractivity contribution is -0.127. The number of rotatable bonds is 5. The summed E-state index contributed by atoms with van der Waals surface area (Å²) in [6, 6.07) is 13.2. The van der Waals surface area contributed by atoms with E-state index in [1.165, 1.54) is 18.2 Å². The molecule has 3 rings (SSSR count). The Hall–Kier alpha value is -2.95. The molecule has 0 atom stereocenters. The third-order valence-corrected chi connectivity index (χ3v) is 4.82. The Kier molecular flexibility index (Phi) is 6.01. The third kappa shape index (κ3) is 4.82. The molecule has 1 heterocycles. The number of amides is 1. The Morgan fingerprint density at radius 3 is 2.44 bits per heavy atom. The topological polar surface area (TPSA) is 46.6 Å². The van der Waals surface area contributed by atoms with Crippen molar-refractivity contribution in [3.63, 3.8) is 0 Å². The zero-order valence-electron chi connectivity index (χ0n) is 15.2. The number of hydrogen-bond acceptors (Lipinski definition) is 3. The normalized spacial score (nSPS) is 15.1. The SMILES string of the molecule is COc1ccc(C(=O)C2CCN(C(=O)C=Cc3cccc(F)c3)CC2)cc1. The highest BCUT2D eigenvalue weighted by Crippen LogP contribution is 2.23. The molecular weight excluding hydrogens is 345 g/mol. The highest BCUT2D eigenvalue weighted by Gasteiger charge is 2.27. The van der Waals surface area contributed by atoms with E-state index in [2.05, 4.69) is 0 Å². The van der Waals surface area contributed by atoms with Crippen molar-refractivity contribution in [2.45, 2.75) is 12.8 Å². The lowest BCUT2D eigenvalue weighted by atomic mass is 9.89. The number of nitrogens with zero attached hydrogens (tertiary/aromatic N) is 1. The van der Waals surface area contributed by atoms with Crippen LogP contribution in [0.2, 0.25) is 0 Å². The molecule has 0 spiro atoms. The van der Waals surface area contributed by atoms with Crippen LogP contribution in [0.15, 0.2) is 54.6 Å². The van der Waals surface area contributed by atoms with Crippen LogP contribution in [-0.4, -0.2) is 36.8 Å². The van der Waals surface area contributed by atoms with Crippen molar-refractivity contribution < 1.29 is 18.7 Å². The Morgan fingerprint density at radius 1 is 1.11 bits per heavy atom. The first-order chi connectivity index (χ1) is 13.1. The van der Waals surface area contributed by atoms with Gasteiger partial charge in [0, 0.05) is 30.6 Å². The number of Topliss-reactive ketones (excluding diaryl/α,β-unsaturated/α-hetero) is 1. The fourth-order valence-electron chi connectivity index (χ4n) is 3.24. The second-order valence-electron chi connectivity index (χ2n) is 6.58. The first-order valence-corrected chi connectivity index (χ1v) is 8.97. The summed E-state index contributed by atoms with van der Waals surface area (Å²) in [5, 5.41) is 0. The smallest absolute Gasteiger partial charge is 0.246 e. The van der Waals surface area contributed by atoms with Crippen LogP contribution in [0, 0.1) is 11.7 Å². The summed E-state index contributed by atoms with van der Waals surface area (Å²) >= 11 is 0. The molecule has 1 aliphatic heterocycles. The number of hydrogen-bond donors (Lipinski definition) is 0. The van der Waals surface area contributed by atoms with Gasteiger partial charge in [-0.15, -0.1) is 0 Å². The molecule has 4 nitrogen and oxygen atoms in total. The minimum Gasteiger partial charge on any atom is -0.497 e. The molecule has 0 radical (unpaired) electrons. The van der Waals surface area contributed by atoms with Crippen molar-refractivity contribution in [3.8, 4) is 5.75 Å². The molecule has 140 valence electrons. The van der Waals surface area contributed by atoms with E-state index in [1.807, 2.05) is 0 Å². The van der Waals surface area contributed by atoms with Gasteiger partial charge in [0.15, 0.2) is 5.78 Å². The maximum Gasteiger partial charge on any atom is 0.246 e. The summed E-state index contributed by atoms with van der Waals surface area (Å²) in [4.78, 5) is 26.7. The molecule has 0 aromatic heterocycles. The molecular formula is C22H22FNO3. The van der Waals surface area contributed by atoms with Crippen molar-refractivity contribution >= 4 is 17.8 Å². The zero-order chi connectivity index (χ0) is 19.2. The van der Waals surface area contributed by atoms with Gasteiger partial charge < -0.3 is 9.64 Å². The molecule has 0 bridgehead atoms. The molecule has 1 fully saturated rings. The van der Waals surface area contributed by atoms with Crippen LogP contribution < -0.4 is 4.74 Å². The van der Waals surface area contributed by atoms with Gasteiger partial charge in [-0.1, -0.05) is 12.1 Å². The van der Waals surface area contributed by atoms with Crippen LogP contribution in [0.4, 0.5) is 4.39 Å². The molecule has 1 amide bonds. The number of benzene rings is 2. The number of piperidine rings is 1. The number of carbonyl (C=O) groups excluding carboxylic acids is 2. The van der Waals surface area contributed by atoms with E-state index < -0.39 is 0 Å². The molecule has 0 unspecified atom stereocenters. The quantitative estimate of drug-likeness (QED) is 0.593. The van der Waals surface area contributed by atoms with Crippen LogP contribution in [0.5, 0.6) is 5.75 Å². The average Bonchev–Trinajstić information content (AvgIpc) is 2.72. The molecule has 5 heteroatoms. The van der Waals surface area contributed by atoms with Gasteiger partial charge in [-0.25, -0.2) is 4.39 Å². The van der Waals surface area contributed by atoms with E-state index in [-0.39, 0.29) is 23.4 Å².